The van der Waals surface area contributed by atoms with E-state index in [-0.39, 0.29) is 5.91 Å². The number of nitriles is 1. The van der Waals surface area contributed by atoms with Gasteiger partial charge in [-0.2, -0.15) is 5.26 Å². The Morgan fingerprint density at radius 2 is 2.11 bits per heavy atom. The van der Waals surface area contributed by atoms with E-state index in [9.17, 15) is 4.79 Å². The first-order chi connectivity index (χ1) is 9.28. The number of carbonyl (C=O) groups is 1. The number of nitrogens with zero attached hydrogens (tertiary/aromatic N) is 1. The third kappa shape index (κ3) is 2.07. The maximum absolute atomic E-state index is 11.6. The number of hydrogen-bond acceptors (Lipinski definition) is 3. The molecule has 1 aliphatic heterocycles. The molecule has 0 bridgehead atoms. The second-order valence-electron chi connectivity index (χ2n) is 4.38. The highest BCUT2D eigenvalue weighted by molar-refractivity contribution is 6.02. The summed E-state index contributed by atoms with van der Waals surface area (Å²) in [6.07, 6.45) is 1.83. The summed E-state index contributed by atoms with van der Waals surface area (Å²) >= 11 is 0. The Morgan fingerprint density at radius 1 is 1.26 bits per heavy atom. The number of hydrazine groups is 1. The summed E-state index contributed by atoms with van der Waals surface area (Å²) in [5.74, 6) is -0.119. The lowest BCUT2D eigenvalue weighted by Gasteiger charge is -2.04. The van der Waals surface area contributed by atoms with Gasteiger partial charge in [-0.3, -0.25) is 10.2 Å². The largest absolute Gasteiger partial charge is 0.287 e. The van der Waals surface area contributed by atoms with Crippen molar-refractivity contribution < 1.29 is 4.79 Å². The first-order valence-electron chi connectivity index (χ1n) is 5.94. The average molecular weight is 249 g/mol. The summed E-state index contributed by atoms with van der Waals surface area (Å²) in [6.45, 7) is 0.490. The van der Waals surface area contributed by atoms with Gasteiger partial charge in [0, 0.05) is 12.1 Å². The van der Waals surface area contributed by atoms with Crippen LogP contribution in [-0.4, -0.2) is 12.5 Å². The maximum Gasteiger partial charge on any atom is 0.262 e. The van der Waals surface area contributed by atoms with Crippen molar-refractivity contribution in [3.63, 3.8) is 0 Å². The van der Waals surface area contributed by atoms with E-state index in [2.05, 4.69) is 16.9 Å². The highest BCUT2D eigenvalue weighted by atomic mass is 16.2. The van der Waals surface area contributed by atoms with Crippen LogP contribution in [0.4, 0.5) is 0 Å². The van der Waals surface area contributed by atoms with Crippen molar-refractivity contribution in [3.05, 3.63) is 53.1 Å². The van der Waals surface area contributed by atoms with Crippen LogP contribution in [-0.2, 0) is 4.79 Å². The molecule has 2 aromatic rings. The molecule has 0 unspecified atom stereocenters. The first-order valence-corrected chi connectivity index (χ1v) is 5.94. The number of amides is 1. The highest BCUT2D eigenvalue weighted by Crippen LogP contribution is 2.23. The minimum Gasteiger partial charge on any atom is -0.287 e. The van der Waals surface area contributed by atoms with Crippen LogP contribution in [0.1, 0.15) is 11.1 Å². The van der Waals surface area contributed by atoms with Crippen molar-refractivity contribution in [1.29, 1.82) is 5.26 Å². The predicted molar refractivity (Wildman–Crippen MR) is 72.8 cm³/mol. The van der Waals surface area contributed by atoms with Crippen LogP contribution in [0.25, 0.3) is 16.8 Å². The van der Waals surface area contributed by atoms with E-state index < -0.39 is 0 Å². The van der Waals surface area contributed by atoms with Gasteiger partial charge in [-0.15, -0.1) is 0 Å². The summed E-state index contributed by atoms with van der Waals surface area (Å²) in [6, 6.07) is 13.6. The summed E-state index contributed by atoms with van der Waals surface area (Å²) in [4.78, 5) is 11.6. The first kappa shape index (κ1) is 11.5. The van der Waals surface area contributed by atoms with Crippen LogP contribution in [0.2, 0.25) is 0 Å². The molecule has 0 aliphatic carbocycles. The Hall–Kier alpha value is -2.64. The Kier molecular flexibility index (Phi) is 2.75. The van der Waals surface area contributed by atoms with E-state index in [0.29, 0.717) is 17.7 Å². The van der Waals surface area contributed by atoms with Gasteiger partial charge in [0.15, 0.2) is 0 Å². The van der Waals surface area contributed by atoms with Gasteiger partial charge in [-0.25, -0.2) is 5.43 Å². The fourth-order valence-corrected chi connectivity index (χ4v) is 2.21. The fraction of sp³-hybridized carbons (Fsp3) is 0.0667. The molecule has 1 aliphatic rings. The van der Waals surface area contributed by atoms with Gasteiger partial charge in [-0.1, -0.05) is 24.3 Å². The van der Waals surface area contributed by atoms with Crippen molar-refractivity contribution in [2.24, 2.45) is 0 Å². The standard InChI is InChI=1S/C15H11N3O/c16-8-10-5-11-3-1-2-4-14(11)12(6-10)7-13-9-17-18-15(13)19/h1-7,17H,9H2,(H,18,19)/b13-7+. The zero-order valence-electron chi connectivity index (χ0n) is 10.1. The molecule has 4 heteroatoms. The van der Waals surface area contributed by atoms with Crippen LogP contribution in [0.5, 0.6) is 0 Å². The molecule has 3 rings (SSSR count). The molecule has 1 fully saturated rings. The zero-order valence-corrected chi connectivity index (χ0v) is 10.1. The van der Waals surface area contributed by atoms with Gasteiger partial charge < -0.3 is 0 Å². The quantitative estimate of drug-likeness (QED) is 0.756. The monoisotopic (exact) mass is 249 g/mol. The minimum atomic E-state index is -0.119. The Labute approximate surface area is 110 Å². The van der Waals surface area contributed by atoms with Crippen molar-refractivity contribution in [2.45, 2.75) is 0 Å². The molecule has 0 spiro atoms. The third-order valence-corrected chi connectivity index (χ3v) is 3.13. The highest BCUT2D eigenvalue weighted by Gasteiger charge is 2.16. The lowest BCUT2D eigenvalue weighted by molar-refractivity contribution is -0.116. The van der Waals surface area contributed by atoms with E-state index in [4.69, 9.17) is 5.26 Å². The number of hydrogen-bond donors (Lipinski definition) is 2. The predicted octanol–water partition coefficient (Wildman–Crippen LogP) is 1.73. The molecule has 2 N–H and O–H groups in total. The molecule has 19 heavy (non-hydrogen) atoms. The number of nitrogens with one attached hydrogen (secondary N) is 2. The molecule has 0 atom stereocenters. The van der Waals surface area contributed by atoms with Gasteiger partial charge in [0.1, 0.15) is 0 Å². The van der Waals surface area contributed by atoms with Crippen LogP contribution < -0.4 is 10.9 Å². The van der Waals surface area contributed by atoms with E-state index in [1.807, 2.05) is 36.4 Å². The second kappa shape index (κ2) is 4.56. The average Bonchev–Trinajstić information content (AvgIpc) is 2.84. The minimum absolute atomic E-state index is 0.119. The molecule has 92 valence electrons. The molecule has 2 aromatic carbocycles. The molecular formula is C15H11N3O. The van der Waals surface area contributed by atoms with Crippen LogP contribution in [0.3, 0.4) is 0 Å². The van der Waals surface area contributed by atoms with Gasteiger partial charge in [0.2, 0.25) is 0 Å². The topological polar surface area (TPSA) is 64.9 Å². The Morgan fingerprint density at radius 3 is 2.84 bits per heavy atom. The van der Waals surface area contributed by atoms with Crippen LogP contribution >= 0.6 is 0 Å². The lowest BCUT2D eigenvalue weighted by Crippen LogP contribution is -2.25. The van der Waals surface area contributed by atoms with Crippen LogP contribution in [0, 0.1) is 11.3 Å². The number of rotatable bonds is 1. The second-order valence-corrected chi connectivity index (χ2v) is 4.38. The summed E-state index contributed by atoms with van der Waals surface area (Å²) < 4.78 is 0. The third-order valence-electron chi connectivity index (χ3n) is 3.13. The van der Waals surface area contributed by atoms with E-state index in [0.717, 1.165) is 16.3 Å². The van der Waals surface area contributed by atoms with Gasteiger partial charge in [0.05, 0.1) is 11.6 Å². The molecule has 4 nitrogen and oxygen atoms in total. The number of fused-ring (bicyclic) bond motifs is 1. The van der Waals surface area contributed by atoms with Crippen molar-refractivity contribution in [1.82, 2.24) is 10.9 Å². The van der Waals surface area contributed by atoms with Gasteiger partial charge in [-0.05, 0) is 34.5 Å². The van der Waals surface area contributed by atoms with Crippen molar-refractivity contribution in [2.75, 3.05) is 6.54 Å². The smallest absolute Gasteiger partial charge is 0.262 e. The molecular weight excluding hydrogens is 238 g/mol. The van der Waals surface area contributed by atoms with Crippen molar-refractivity contribution in [3.8, 4) is 6.07 Å². The summed E-state index contributed by atoms with van der Waals surface area (Å²) in [5.41, 5.74) is 7.48. The Balaban J connectivity index is 2.22. The molecule has 0 radical (unpaired) electrons. The maximum atomic E-state index is 11.6. The molecule has 0 aromatic heterocycles. The van der Waals surface area contributed by atoms with E-state index >= 15 is 0 Å². The summed E-state index contributed by atoms with van der Waals surface area (Å²) in [5, 5.41) is 11.1. The van der Waals surface area contributed by atoms with Crippen molar-refractivity contribution >= 4 is 22.8 Å². The van der Waals surface area contributed by atoms with Gasteiger partial charge >= 0.3 is 0 Å². The lowest BCUT2D eigenvalue weighted by atomic mass is 9.99. The molecule has 1 heterocycles. The van der Waals surface area contributed by atoms with Crippen LogP contribution in [0.15, 0.2) is 42.0 Å². The fourth-order valence-electron chi connectivity index (χ4n) is 2.21. The van der Waals surface area contributed by atoms with E-state index in [1.165, 1.54) is 0 Å². The van der Waals surface area contributed by atoms with E-state index in [1.54, 1.807) is 6.07 Å². The van der Waals surface area contributed by atoms with Gasteiger partial charge in [0.25, 0.3) is 5.91 Å². The molecule has 0 saturated carbocycles. The Bertz CT molecular complexity index is 741. The molecule has 1 amide bonds. The SMILES string of the molecule is N#Cc1cc(/C=C2\CNNC2=O)c2ccccc2c1. The number of carbonyl (C=O) groups excluding carboxylic acids is 1. The number of benzene rings is 2. The zero-order chi connectivity index (χ0) is 13.2. The summed E-state index contributed by atoms with van der Waals surface area (Å²) in [7, 11) is 0. The normalized spacial score (nSPS) is 16.6. The molecule has 1 saturated heterocycles.